The van der Waals surface area contributed by atoms with Crippen LogP contribution in [-0.4, -0.2) is 0 Å². The van der Waals surface area contributed by atoms with E-state index >= 15 is 0 Å². The molecule has 0 saturated carbocycles. The topological polar surface area (TPSA) is 26.0 Å². The van der Waals surface area contributed by atoms with Gasteiger partial charge in [0.05, 0.1) is 0 Å². The molecular weight excluding hydrogens is 310 g/mol. The Labute approximate surface area is 127 Å². The Morgan fingerprint density at radius 3 is 2.30 bits per heavy atom. The molecule has 0 heterocycles. The predicted octanol–water partition coefficient (Wildman–Crippen LogP) is 4.84. The lowest BCUT2D eigenvalue weighted by molar-refractivity contribution is 0.723. The normalized spacial score (nSPS) is 12.5. The minimum atomic E-state index is 0.0285. The van der Waals surface area contributed by atoms with Gasteiger partial charge in [0.1, 0.15) is 0 Å². The Morgan fingerprint density at radius 2 is 1.55 bits per heavy atom. The zero-order valence-electron chi connectivity index (χ0n) is 11.1. The van der Waals surface area contributed by atoms with Gasteiger partial charge in [-0.15, -0.1) is 0 Å². The third-order valence-electron chi connectivity index (χ3n) is 3.57. The smallest absolute Gasteiger partial charge is 0.0335 e. The Balaban J connectivity index is 1.84. The summed E-state index contributed by atoms with van der Waals surface area (Å²) >= 11 is 3.45. The van der Waals surface area contributed by atoms with Crippen molar-refractivity contribution in [2.24, 2.45) is 5.73 Å². The Bertz CT molecular complexity index is 719. The quantitative estimate of drug-likeness (QED) is 0.732. The second-order valence-electron chi connectivity index (χ2n) is 5.04. The van der Waals surface area contributed by atoms with E-state index in [-0.39, 0.29) is 6.04 Å². The van der Waals surface area contributed by atoms with Crippen LogP contribution in [0, 0.1) is 0 Å². The molecule has 3 rings (SSSR count). The Kier molecular flexibility index (Phi) is 3.86. The van der Waals surface area contributed by atoms with E-state index in [4.69, 9.17) is 5.73 Å². The first kappa shape index (κ1) is 13.3. The minimum absolute atomic E-state index is 0.0285. The van der Waals surface area contributed by atoms with Crippen LogP contribution in [0.15, 0.2) is 71.2 Å². The van der Waals surface area contributed by atoms with Crippen LogP contribution >= 0.6 is 15.9 Å². The van der Waals surface area contributed by atoms with Crippen molar-refractivity contribution in [2.45, 2.75) is 12.5 Å². The largest absolute Gasteiger partial charge is 0.324 e. The number of benzene rings is 3. The molecule has 0 aliphatic rings. The molecule has 2 N–H and O–H groups in total. The van der Waals surface area contributed by atoms with Gasteiger partial charge in [-0.1, -0.05) is 64.5 Å². The predicted molar refractivity (Wildman–Crippen MR) is 88.7 cm³/mol. The third kappa shape index (κ3) is 2.92. The molecule has 0 amide bonds. The van der Waals surface area contributed by atoms with Crippen LogP contribution < -0.4 is 5.73 Å². The summed E-state index contributed by atoms with van der Waals surface area (Å²) in [6.45, 7) is 0. The molecule has 2 heteroatoms. The molecule has 0 bridgehead atoms. The molecule has 100 valence electrons. The summed E-state index contributed by atoms with van der Waals surface area (Å²) in [5.41, 5.74) is 8.79. The van der Waals surface area contributed by atoms with Crippen molar-refractivity contribution in [3.8, 4) is 0 Å². The van der Waals surface area contributed by atoms with Gasteiger partial charge < -0.3 is 5.73 Å². The molecule has 0 aliphatic heterocycles. The lowest BCUT2D eigenvalue weighted by Crippen LogP contribution is -2.13. The van der Waals surface area contributed by atoms with Crippen LogP contribution in [0.3, 0.4) is 0 Å². The standard InChI is InChI=1S/C18H16BrN/c19-17-9-5-13(6-10-17)11-18(20)16-8-7-14-3-1-2-4-15(14)12-16/h1-10,12,18H,11,20H2. The molecule has 0 saturated heterocycles. The van der Waals surface area contributed by atoms with Gasteiger partial charge >= 0.3 is 0 Å². The fourth-order valence-electron chi connectivity index (χ4n) is 2.43. The molecule has 3 aromatic carbocycles. The summed E-state index contributed by atoms with van der Waals surface area (Å²) in [5, 5.41) is 2.50. The van der Waals surface area contributed by atoms with E-state index in [0.29, 0.717) is 0 Å². The molecule has 1 atom stereocenters. The van der Waals surface area contributed by atoms with Crippen molar-refractivity contribution in [2.75, 3.05) is 0 Å². The van der Waals surface area contributed by atoms with Crippen molar-refractivity contribution in [3.05, 3.63) is 82.3 Å². The van der Waals surface area contributed by atoms with Crippen molar-refractivity contribution < 1.29 is 0 Å². The van der Waals surface area contributed by atoms with Gasteiger partial charge in [-0.2, -0.15) is 0 Å². The molecule has 3 aromatic rings. The van der Waals surface area contributed by atoms with Gasteiger partial charge in [-0.25, -0.2) is 0 Å². The molecule has 0 spiro atoms. The van der Waals surface area contributed by atoms with Gasteiger partial charge in [0.2, 0.25) is 0 Å². The zero-order valence-corrected chi connectivity index (χ0v) is 12.7. The Morgan fingerprint density at radius 1 is 0.850 bits per heavy atom. The van der Waals surface area contributed by atoms with Crippen LogP contribution in [0.5, 0.6) is 0 Å². The van der Waals surface area contributed by atoms with Crippen LogP contribution in [0.4, 0.5) is 0 Å². The SMILES string of the molecule is NC(Cc1ccc(Br)cc1)c1ccc2ccccc2c1. The number of halogens is 1. The highest BCUT2D eigenvalue weighted by Gasteiger charge is 2.07. The highest BCUT2D eigenvalue weighted by Crippen LogP contribution is 2.22. The van der Waals surface area contributed by atoms with Gasteiger partial charge in [0.25, 0.3) is 0 Å². The molecule has 0 fully saturated rings. The number of hydrogen-bond acceptors (Lipinski definition) is 1. The Hall–Kier alpha value is -1.64. The average Bonchev–Trinajstić information content (AvgIpc) is 2.49. The van der Waals surface area contributed by atoms with E-state index in [2.05, 4.69) is 82.7 Å². The molecule has 0 aromatic heterocycles. The second kappa shape index (κ2) is 5.78. The first-order valence-corrected chi connectivity index (χ1v) is 7.50. The van der Waals surface area contributed by atoms with Gasteiger partial charge in [0.15, 0.2) is 0 Å². The maximum atomic E-state index is 6.34. The molecule has 1 unspecified atom stereocenters. The molecule has 20 heavy (non-hydrogen) atoms. The molecule has 1 nitrogen and oxygen atoms in total. The van der Waals surface area contributed by atoms with E-state index in [9.17, 15) is 0 Å². The average molecular weight is 326 g/mol. The number of hydrogen-bond donors (Lipinski definition) is 1. The summed E-state index contributed by atoms with van der Waals surface area (Å²) in [6.07, 6.45) is 0.853. The van der Waals surface area contributed by atoms with Crippen molar-refractivity contribution in [1.29, 1.82) is 0 Å². The summed E-state index contributed by atoms with van der Waals surface area (Å²) in [7, 11) is 0. The van der Waals surface area contributed by atoms with Crippen molar-refractivity contribution >= 4 is 26.7 Å². The van der Waals surface area contributed by atoms with Crippen LogP contribution in [0.25, 0.3) is 10.8 Å². The van der Waals surface area contributed by atoms with Gasteiger partial charge in [-0.3, -0.25) is 0 Å². The first-order valence-electron chi connectivity index (χ1n) is 6.71. The first-order chi connectivity index (χ1) is 9.72. The summed E-state index contributed by atoms with van der Waals surface area (Å²) in [6, 6.07) is 23.2. The van der Waals surface area contributed by atoms with E-state index in [1.165, 1.54) is 21.9 Å². The van der Waals surface area contributed by atoms with Crippen LogP contribution in [0.1, 0.15) is 17.2 Å². The number of rotatable bonds is 3. The van der Waals surface area contributed by atoms with Crippen LogP contribution in [0.2, 0.25) is 0 Å². The third-order valence-corrected chi connectivity index (χ3v) is 4.10. The summed E-state index contributed by atoms with van der Waals surface area (Å²) in [5.74, 6) is 0. The highest BCUT2D eigenvalue weighted by molar-refractivity contribution is 9.10. The maximum Gasteiger partial charge on any atom is 0.0335 e. The number of nitrogens with two attached hydrogens (primary N) is 1. The highest BCUT2D eigenvalue weighted by atomic mass is 79.9. The van der Waals surface area contributed by atoms with Crippen LogP contribution in [-0.2, 0) is 6.42 Å². The molecule has 0 aliphatic carbocycles. The summed E-state index contributed by atoms with van der Waals surface area (Å²) in [4.78, 5) is 0. The van der Waals surface area contributed by atoms with E-state index in [1.807, 2.05) is 0 Å². The monoisotopic (exact) mass is 325 g/mol. The minimum Gasteiger partial charge on any atom is -0.324 e. The van der Waals surface area contributed by atoms with Crippen molar-refractivity contribution in [3.63, 3.8) is 0 Å². The molecule has 0 radical (unpaired) electrons. The number of fused-ring (bicyclic) bond motifs is 1. The van der Waals surface area contributed by atoms with Crippen molar-refractivity contribution in [1.82, 2.24) is 0 Å². The van der Waals surface area contributed by atoms with E-state index in [1.54, 1.807) is 0 Å². The fourth-order valence-corrected chi connectivity index (χ4v) is 2.70. The fraction of sp³-hybridized carbons (Fsp3) is 0.111. The van der Waals surface area contributed by atoms with Gasteiger partial charge in [0, 0.05) is 10.5 Å². The van der Waals surface area contributed by atoms with E-state index < -0.39 is 0 Å². The van der Waals surface area contributed by atoms with Gasteiger partial charge in [-0.05, 0) is 46.5 Å². The van der Waals surface area contributed by atoms with E-state index in [0.717, 1.165) is 10.9 Å². The second-order valence-corrected chi connectivity index (χ2v) is 5.96. The maximum absolute atomic E-state index is 6.34. The summed E-state index contributed by atoms with van der Waals surface area (Å²) < 4.78 is 1.10. The molecular formula is C18H16BrN. The lowest BCUT2D eigenvalue weighted by atomic mass is 9.97. The lowest BCUT2D eigenvalue weighted by Gasteiger charge is -2.13. The zero-order chi connectivity index (χ0) is 13.9.